The summed E-state index contributed by atoms with van der Waals surface area (Å²) in [4.78, 5) is 0. The van der Waals surface area contributed by atoms with E-state index in [2.05, 4.69) is 6.58 Å². The second kappa shape index (κ2) is 11.4. The van der Waals surface area contributed by atoms with Gasteiger partial charge < -0.3 is 9.47 Å². The largest absolute Gasteiger partial charge is 0.353 e. The number of aryl methyl sites for hydroxylation is 1. The SMILES string of the molecule is C=Cc1ccc(-c2ccc(-c3ccc(CCC4CCC(OCC)OC4)c(F)c3F)c(F)c2F)cc1F. The van der Waals surface area contributed by atoms with E-state index >= 15 is 0 Å². The van der Waals surface area contributed by atoms with Gasteiger partial charge >= 0.3 is 0 Å². The van der Waals surface area contributed by atoms with Crippen molar-refractivity contribution in [1.29, 1.82) is 0 Å². The Morgan fingerprint density at radius 3 is 2.19 bits per heavy atom. The second-order valence-electron chi connectivity index (χ2n) is 8.83. The van der Waals surface area contributed by atoms with Crippen molar-refractivity contribution in [2.45, 2.75) is 38.9 Å². The van der Waals surface area contributed by atoms with Gasteiger partial charge in [-0.15, -0.1) is 0 Å². The molecule has 3 aromatic rings. The fourth-order valence-electron chi connectivity index (χ4n) is 4.52. The van der Waals surface area contributed by atoms with Crippen LogP contribution in [-0.2, 0) is 15.9 Å². The van der Waals surface area contributed by atoms with Gasteiger partial charge in [0.25, 0.3) is 0 Å². The average Bonchev–Trinajstić information content (AvgIpc) is 2.88. The maximum absolute atomic E-state index is 15.0. The van der Waals surface area contributed by atoms with Crippen LogP contribution in [0.3, 0.4) is 0 Å². The summed E-state index contributed by atoms with van der Waals surface area (Å²) in [5, 5.41) is 0. The lowest BCUT2D eigenvalue weighted by Gasteiger charge is -2.28. The third-order valence-corrected chi connectivity index (χ3v) is 6.57. The molecule has 0 radical (unpaired) electrons. The first-order valence-electron chi connectivity index (χ1n) is 11.9. The second-order valence-corrected chi connectivity index (χ2v) is 8.83. The minimum atomic E-state index is -1.34. The van der Waals surface area contributed by atoms with Gasteiger partial charge in [0.2, 0.25) is 0 Å². The lowest BCUT2D eigenvalue weighted by atomic mass is 9.92. The van der Waals surface area contributed by atoms with Gasteiger partial charge in [0.15, 0.2) is 29.6 Å². The summed E-state index contributed by atoms with van der Waals surface area (Å²) in [6, 6.07) is 8.94. The summed E-state index contributed by atoms with van der Waals surface area (Å²) in [7, 11) is 0. The van der Waals surface area contributed by atoms with E-state index in [-0.39, 0.29) is 40.0 Å². The zero-order chi connectivity index (χ0) is 25.8. The van der Waals surface area contributed by atoms with Crippen molar-refractivity contribution in [3.63, 3.8) is 0 Å². The molecule has 3 aromatic carbocycles. The molecule has 1 heterocycles. The molecule has 190 valence electrons. The van der Waals surface area contributed by atoms with Crippen LogP contribution in [0.25, 0.3) is 28.3 Å². The van der Waals surface area contributed by atoms with E-state index in [4.69, 9.17) is 9.47 Å². The molecule has 0 saturated carbocycles. The van der Waals surface area contributed by atoms with Gasteiger partial charge in [0.1, 0.15) is 5.82 Å². The number of hydrogen-bond donors (Lipinski definition) is 0. The van der Waals surface area contributed by atoms with Crippen LogP contribution >= 0.6 is 0 Å². The van der Waals surface area contributed by atoms with Gasteiger partial charge in [-0.3, -0.25) is 0 Å². The smallest absolute Gasteiger partial charge is 0.167 e. The van der Waals surface area contributed by atoms with Crippen LogP contribution < -0.4 is 0 Å². The van der Waals surface area contributed by atoms with E-state index in [9.17, 15) is 22.0 Å². The molecule has 2 atom stereocenters. The molecule has 0 aromatic heterocycles. The third kappa shape index (κ3) is 5.37. The molecule has 36 heavy (non-hydrogen) atoms. The maximum Gasteiger partial charge on any atom is 0.167 e. The standard InChI is InChI=1S/C29H27F5O2/c1-3-18-8-9-20(15-24(18)30)21-12-13-23(29(34)27(21)32)22-11-10-19(26(31)28(22)33)7-5-17-6-14-25(35-4-2)36-16-17/h3,8-13,15,17,25H,1,4-7,14,16H2,2H3. The van der Waals surface area contributed by atoms with E-state index in [1.54, 1.807) is 0 Å². The molecule has 1 saturated heterocycles. The quantitative estimate of drug-likeness (QED) is 0.290. The fourth-order valence-corrected chi connectivity index (χ4v) is 4.52. The van der Waals surface area contributed by atoms with Crippen LogP contribution in [0.1, 0.15) is 37.3 Å². The molecule has 0 aliphatic carbocycles. The molecule has 7 heteroatoms. The van der Waals surface area contributed by atoms with E-state index in [1.165, 1.54) is 42.5 Å². The number of ether oxygens (including phenoxy) is 2. The highest BCUT2D eigenvalue weighted by Gasteiger charge is 2.24. The Kier molecular flexibility index (Phi) is 8.21. The Morgan fingerprint density at radius 1 is 0.889 bits per heavy atom. The first-order valence-corrected chi connectivity index (χ1v) is 11.9. The van der Waals surface area contributed by atoms with Crippen molar-refractivity contribution < 1.29 is 31.4 Å². The van der Waals surface area contributed by atoms with Gasteiger partial charge in [0.05, 0.1) is 6.61 Å². The van der Waals surface area contributed by atoms with Gasteiger partial charge in [-0.05, 0) is 55.7 Å². The third-order valence-electron chi connectivity index (χ3n) is 6.57. The Hall–Kier alpha value is -3.03. The van der Waals surface area contributed by atoms with Crippen LogP contribution in [0.15, 0.2) is 49.0 Å². The predicted octanol–water partition coefficient (Wildman–Crippen LogP) is 8.08. The minimum Gasteiger partial charge on any atom is -0.353 e. The van der Waals surface area contributed by atoms with Crippen LogP contribution in [-0.4, -0.2) is 19.5 Å². The predicted molar refractivity (Wildman–Crippen MR) is 130 cm³/mol. The Labute approximate surface area is 207 Å². The fraction of sp³-hybridized carbons (Fsp3) is 0.310. The summed E-state index contributed by atoms with van der Waals surface area (Å²) >= 11 is 0. The van der Waals surface area contributed by atoms with E-state index < -0.39 is 34.6 Å². The molecule has 2 unspecified atom stereocenters. The van der Waals surface area contributed by atoms with Crippen molar-refractivity contribution in [1.82, 2.24) is 0 Å². The van der Waals surface area contributed by atoms with E-state index in [1.807, 2.05) is 6.92 Å². The number of halogens is 5. The topological polar surface area (TPSA) is 18.5 Å². The van der Waals surface area contributed by atoms with Crippen LogP contribution in [0.2, 0.25) is 0 Å². The first kappa shape index (κ1) is 26.0. The number of hydrogen-bond acceptors (Lipinski definition) is 2. The summed E-state index contributed by atoms with van der Waals surface area (Å²) in [5.41, 5.74) is -0.483. The Bertz CT molecular complexity index is 1250. The maximum atomic E-state index is 15.0. The zero-order valence-electron chi connectivity index (χ0n) is 19.9. The normalized spacial score (nSPS) is 17.8. The lowest BCUT2D eigenvalue weighted by molar-refractivity contribution is -0.173. The van der Waals surface area contributed by atoms with E-state index in [0.29, 0.717) is 26.1 Å². The summed E-state index contributed by atoms with van der Waals surface area (Å²) in [5.74, 6) is -5.37. The highest BCUT2D eigenvalue weighted by Crippen LogP contribution is 2.35. The van der Waals surface area contributed by atoms with Crippen LogP contribution in [0.4, 0.5) is 22.0 Å². The molecule has 0 amide bonds. The number of rotatable bonds is 8. The van der Waals surface area contributed by atoms with Crippen molar-refractivity contribution in [3.8, 4) is 22.3 Å². The van der Waals surface area contributed by atoms with Gasteiger partial charge in [-0.25, -0.2) is 22.0 Å². The monoisotopic (exact) mass is 502 g/mol. The highest BCUT2D eigenvalue weighted by molar-refractivity contribution is 5.73. The minimum absolute atomic E-state index is 0.113. The van der Waals surface area contributed by atoms with Crippen LogP contribution in [0, 0.1) is 35.0 Å². The summed E-state index contributed by atoms with van der Waals surface area (Å²) in [6.45, 7) is 6.44. The number of benzene rings is 3. The molecule has 1 aliphatic rings. The van der Waals surface area contributed by atoms with Gasteiger partial charge in [0, 0.05) is 28.9 Å². The summed E-state index contributed by atoms with van der Waals surface area (Å²) in [6.07, 6.45) is 3.60. The Morgan fingerprint density at radius 2 is 1.56 bits per heavy atom. The van der Waals surface area contributed by atoms with E-state index in [0.717, 1.165) is 18.9 Å². The average molecular weight is 503 g/mol. The molecule has 2 nitrogen and oxygen atoms in total. The van der Waals surface area contributed by atoms with Crippen molar-refractivity contribution >= 4 is 6.08 Å². The van der Waals surface area contributed by atoms with Crippen molar-refractivity contribution in [3.05, 3.63) is 89.3 Å². The highest BCUT2D eigenvalue weighted by atomic mass is 19.2. The van der Waals surface area contributed by atoms with Crippen molar-refractivity contribution in [2.24, 2.45) is 5.92 Å². The molecule has 0 N–H and O–H groups in total. The Balaban J connectivity index is 1.53. The first-order chi connectivity index (χ1) is 17.3. The van der Waals surface area contributed by atoms with Crippen molar-refractivity contribution in [2.75, 3.05) is 13.2 Å². The molecule has 0 bridgehead atoms. The van der Waals surface area contributed by atoms with Crippen LogP contribution in [0.5, 0.6) is 0 Å². The molecular weight excluding hydrogens is 475 g/mol. The molecule has 4 rings (SSSR count). The zero-order valence-corrected chi connectivity index (χ0v) is 19.9. The molecule has 1 fully saturated rings. The molecular formula is C29H27F5O2. The summed E-state index contributed by atoms with van der Waals surface area (Å²) < 4.78 is 84.9. The van der Waals surface area contributed by atoms with Gasteiger partial charge in [-0.2, -0.15) is 0 Å². The lowest BCUT2D eigenvalue weighted by Crippen LogP contribution is -2.28. The molecule has 0 spiro atoms. The van der Waals surface area contributed by atoms with Gasteiger partial charge in [-0.1, -0.05) is 49.1 Å². The molecule has 1 aliphatic heterocycles.